The van der Waals surface area contributed by atoms with Crippen molar-refractivity contribution >= 4 is 29.1 Å². The molecule has 1 amide bonds. The average molecular weight is 356 g/mol. The Morgan fingerprint density at radius 2 is 2.09 bits per heavy atom. The van der Waals surface area contributed by atoms with Crippen molar-refractivity contribution in [2.24, 2.45) is 0 Å². The second-order valence-corrected chi connectivity index (χ2v) is 5.69. The fraction of sp³-hybridized carbons (Fsp3) is 0.375. The minimum atomic E-state index is -0.158. The molecule has 0 atom stereocenters. The summed E-state index contributed by atoms with van der Waals surface area (Å²) in [5.74, 6) is 0.430. The van der Waals surface area contributed by atoms with E-state index in [4.69, 9.17) is 27.9 Å². The molecule has 23 heavy (non-hydrogen) atoms. The van der Waals surface area contributed by atoms with Crippen molar-refractivity contribution in [3.8, 4) is 5.75 Å². The molecule has 0 aliphatic rings. The van der Waals surface area contributed by atoms with E-state index in [1.807, 2.05) is 19.1 Å². The molecule has 2 aromatic rings. The summed E-state index contributed by atoms with van der Waals surface area (Å²) in [4.78, 5) is 12.2. The van der Waals surface area contributed by atoms with Crippen LogP contribution in [0.25, 0.3) is 0 Å². The molecule has 1 aromatic carbocycles. The van der Waals surface area contributed by atoms with Crippen LogP contribution >= 0.6 is 23.2 Å². The van der Waals surface area contributed by atoms with Crippen LogP contribution in [0.5, 0.6) is 5.75 Å². The highest BCUT2D eigenvalue weighted by atomic mass is 35.5. The Balaban J connectivity index is 1.87. The highest BCUT2D eigenvalue weighted by molar-refractivity contribution is 6.41. The molecule has 0 spiro atoms. The van der Waals surface area contributed by atoms with Crippen molar-refractivity contribution in [3.05, 3.63) is 45.7 Å². The first kappa shape index (κ1) is 17.6. The van der Waals surface area contributed by atoms with E-state index >= 15 is 0 Å². The summed E-state index contributed by atoms with van der Waals surface area (Å²) >= 11 is 12.1. The molecule has 0 fully saturated rings. The maximum absolute atomic E-state index is 12.2. The fourth-order valence-corrected chi connectivity index (χ4v) is 2.54. The number of nitrogens with zero attached hydrogens (tertiary/aromatic N) is 2. The predicted octanol–water partition coefficient (Wildman–Crippen LogP) is 3.72. The van der Waals surface area contributed by atoms with Crippen LogP contribution in [0.4, 0.5) is 0 Å². The van der Waals surface area contributed by atoms with Gasteiger partial charge in [0.1, 0.15) is 15.9 Å². The van der Waals surface area contributed by atoms with Gasteiger partial charge < -0.3 is 10.1 Å². The third-order valence-electron chi connectivity index (χ3n) is 3.26. The lowest BCUT2D eigenvalue weighted by atomic mass is 10.2. The number of rotatable bonds is 7. The topological polar surface area (TPSA) is 56.1 Å². The minimum absolute atomic E-state index is 0.158. The van der Waals surface area contributed by atoms with Gasteiger partial charge in [0.25, 0.3) is 5.91 Å². The summed E-state index contributed by atoms with van der Waals surface area (Å²) in [5, 5.41) is 8.02. The summed E-state index contributed by atoms with van der Waals surface area (Å²) < 4.78 is 7.10. The van der Waals surface area contributed by atoms with E-state index in [0.29, 0.717) is 53.3 Å². The van der Waals surface area contributed by atoms with Gasteiger partial charge in [-0.15, -0.1) is 0 Å². The first-order valence-corrected chi connectivity index (χ1v) is 8.18. The van der Waals surface area contributed by atoms with Gasteiger partial charge in [0.15, 0.2) is 0 Å². The number of halogens is 2. The molecule has 1 heterocycles. The lowest BCUT2D eigenvalue weighted by Gasteiger charge is -2.10. The zero-order valence-electron chi connectivity index (χ0n) is 13.1. The van der Waals surface area contributed by atoms with Gasteiger partial charge >= 0.3 is 0 Å². The number of para-hydroxylation sites is 1. The van der Waals surface area contributed by atoms with E-state index in [1.54, 1.807) is 23.7 Å². The van der Waals surface area contributed by atoms with Crippen molar-refractivity contribution in [2.45, 2.75) is 26.8 Å². The number of aromatic nitrogens is 2. The number of carbonyl (C=O) groups is 1. The molecule has 7 heteroatoms. The summed E-state index contributed by atoms with van der Waals surface area (Å²) in [6.07, 6.45) is 0.694. The SMILES string of the molecule is CCOc1ccccc1C(=O)NCCCn1nc(C)c(Cl)c1Cl. The Morgan fingerprint density at radius 3 is 2.74 bits per heavy atom. The summed E-state index contributed by atoms with van der Waals surface area (Å²) in [6, 6.07) is 7.18. The lowest BCUT2D eigenvalue weighted by molar-refractivity contribution is 0.0949. The molecule has 5 nitrogen and oxygen atoms in total. The number of amides is 1. The van der Waals surface area contributed by atoms with Crippen molar-refractivity contribution in [2.75, 3.05) is 13.2 Å². The number of hydrogen-bond donors (Lipinski definition) is 1. The third kappa shape index (κ3) is 4.39. The second-order valence-electron chi connectivity index (χ2n) is 4.95. The molecule has 0 saturated carbocycles. The molecule has 124 valence electrons. The van der Waals surface area contributed by atoms with E-state index in [2.05, 4.69) is 10.4 Å². The van der Waals surface area contributed by atoms with Gasteiger partial charge in [-0.1, -0.05) is 35.3 Å². The Kier molecular flexibility index (Phi) is 6.30. The maximum atomic E-state index is 12.2. The van der Waals surface area contributed by atoms with Gasteiger partial charge in [-0.3, -0.25) is 9.48 Å². The molecule has 0 radical (unpaired) electrons. The van der Waals surface area contributed by atoms with Crippen LogP contribution in [0.15, 0.2) is 24.3 Å². The van der Waals surface area contributed by atoms with Gasteiger partial charge in [-0.05, 0) is 32.4 Å². The van der Waals surface area contributed by atoms with Crippen LogP contribution in [-0.4, -0.2) is 28.8 Å². The Bertz CT molecular complexity index is 686. The third-order valence-corrected chi connectivity index (χ3v) is 4.19. The van der Waals surface area contributed by atoms with Crippen molar-refractivity contribution < 1.29 is 9.53 Å². The van der Waals surface area contributed by atoms with Crippen molar-refractivity contribution in [1.29, 1.82) is 0 Å². The minimum Gasteiger partial charge on any atom is -0.493 e. The standard InChI is InChI=1S/C16H19Cl2N3O2/c1-3-23-13-8-5-4-7-12(13)16(22)19-9-6-10-21-15(18)14(17)11(2)20-21/h4-5,7-8H,3,6,9-10H2,1-2H3,(H,19,22). The van der Waals surface area contributed by atoms with E-state index in [1.165, 1.54) is 0 Å². The maximum Gasteiger partial charge on any atom is 0.255 e. The molecular weight excluding hydrogens is 337 g/mol. The number of nitrogens with one attached hydrogen (secondary N) is 1. The molecule has 1 N–H and O–H groups in total. The smallest absolute Gasteiger partial charge is 0.255 e. The van der Waals surface area contributed by atoms with Gasteiger partial charge in [0.05, 0.1) is 17.9 Å². The second kappa shape index (κ2) is 8.22. The zero-order valence-corrected chi connectivity index (χ0v) is 14.6. The molecule has 1 aromatic heterocycles. The Labute approximate surface area is 145 Å². The fourth-order valence-electron chi connectivity index (χ4n) is 2.14. The highest BCUT2D eigenvalue weighted by Gasteiger charge is 2.12. The van der Waals surface area contributed by atoms with Crippen LogP contribution < -0.4 is 10.1 Å². The van der Waals surface area contributed by atoms with Crippen LogP contribution in [0, 0.1) is 6.92 Å². The van der Waals surface area contributed by atoms with Gasteiger partial charge in [0, 0.05) is 13.1 Å². The van der Waals surface area contributed by atoms with E-state index in [-0.39, 0.29) is 5.91 Å². The summed E-state index contributed by atoms with van der Waals surface area (Å²) in [5.41, 5.74) is 1.23. The van der Waals surface area contributed by atoms with Gasteiger partial charge in [-0.2, -0.15) is 5.10 Å². The van der Waals surface area contributed by atoms with Crippen LogP contribution in [-0.2, 0) is 6.54 Å². The first-order chi connectivity index (χ1) is 11.0. The largest absolute Gasteiger partial charge is 0.493 e. The van der Waals surface area contributed by atoms with E-state index in [9.17, 15) is 4.79 Å². The molecular formula is C16H19Cl2N3O2. The normalized spacial score (nSPS) is 10.6. The predicted molar refractivity (Wildman–Crippen MR) is 91.5 cm³/mol. The highest BCUT2D eigenvalue weighted by Crippen LogP contribution is 2.24. The van der Waals surface area contributed by atoms with Gasteiger partial charge in [-0.25, -0.2) is 0 Å². The molecule has 2 rings (SSSR count). The van der Waals surface area contributed by atoms with Crippen LogP contribution in [0.1, 0.15) is 29.4 Å². The summed E-state index contributed by atoms with van der Waals surface area (Å²) in [7, 11) is 0. The lowest BCUT2D eigenvalue weighted by Crippen LogP contribution is -2.26. The number of carbonyl (C=O) groups excluding carboxylic acids is 1. The quantitative estimate of drug-likeness (QED) is 0.770. The van der Waals surface area contributed by atoms with Crippen molar-refractivity contribution in [3.63, 3.8) is 0 Å². The monoisotopic (exact) mass is 355 g/mol. The molecule has 0 aliphatic heterocycles. The number of benzene rings is 1. The number of ether oxygens (including phenoxy) is 1. The zero-order chi connectivity index (χ0) is 16.8. The Morgan fingerprint density at radius 1 is 1.35 bits per heavy atom. The van der Waals surface area contributed by atoms with Crippen LogP contribution in [0.2, 0.25) is 10.2 Å². The first-order valence-electron chi connectivity index (χ1n) is 7.43. The number of aryl methyl sites for hydroxylation is 2. The molecule has 0 unspecified atom stereocenters. The average Bonchev–Trinajstić information content (AvgIpc) is 2.79. The molecule has 0 bridgehead atoms. The van der Waals surface area contributed by atoms with E-state index < -0.39 is 0 Å². The van der Waals surface area contributed by atoms with Crippen molar-refractivity contribution in [1.82, 2.24) is 15.1 Å². The number of hydrogen-bond acceptors (Lipinski definition) is 3. The van der Waals surface area contributed by atoms with Gasteiger partial charge in [0.2, 0.25) is 0 Å². The molecule has 0 saturated heterocycles. The molecule has 0 aliphatic carbocycles. The Hall–Kier alpha value is -1.72. The van der Waals surface area contributed by atoms with E-state index in [0.717, 1.165) is 0 Å². The summed E-state index contributed by atoms with van der Waals surface area (Å²) in [6.45, 7) is 5.29. The van der Waals surface area contributed by atoms with Crippen LogP contribution in [0.3, 0.4) is 0 Å².